The Kier molecular flexibility index (Phi) is 3.52. The second-order valence-electron chi connectivity index (χ2n) is 4.59. The predicted octanol–water partition coefficient (Wildman–Crippen LogP) is 2.99. The van der Waals surface area contributed by atoms with Gasteiger partial charge in [-0.15, -0.1) is 0 Å². The maximum atomic E-state index is 12.7. The molecule has 4 nitrogen and oxygen atoms in total. The third-order valence-corrected chi connectivity index (χ3v) is 5.56. The van der Waals surface area contributed by atoms with E-state index < -0.39 is 10.0 Å². The average Bonchev–Trinajstić information content (AvgIpc) is 2.47. The van der Waals surface area contributed by atoms with Crippen molar-refractivity contribution >= 4 is 31.6 Å². The molecule has 0 N–H and O–H groups in total. The van der Waals surface area contributed by atoms with Gasteiger partial charge in [-0.1, -0.05) is 18.2 Å². The van der Waals surface area contributed by atoms with Gasteiger partial charge in [-0.2, -0.15) is 0 Å². The Morgan fingerprint density at radius 1 is 1.10 bits per heavy atom. The lowest BCUT2D eigenvalue weighted by molar-refractivity contribution is 0.585. The molecule has 0 saturated heterocycles. The molecule has 0 aliphatic carbocycles. The van der Waals surface area contributed by atoms with Gasteiger partial charge in [-0.25, -0.2) is 13.4 Å². The summed E-state index contributed by atoms with van der Waals surface area (Å²) in [5.41, 5.74) is 1.51. The van der Waals surface area contributed by atoms with E-state index in [1.807, 2.05) is 12.1 Å². The number of aryl methyl sites for hydroxylation is 1. The van der Waals surface area contributed by atoms with Crippen LogP contribution < -0.4 is 4.31 Å². The van der Waals surface area contributed by atoms with E-state index in [2.05, 4.69) is 20.9 Å². The van der Waals surface area contributed by atoms with Gasteiger partial charge in [0, 0.05) is 6.54 Å². The van der Waals surface area contributed by atoms with E-state index in [1.54, 1.807) is 30.3 Å². The summed E-state index contributed by atoms with van der Waals surface area (Å²) in [4.78, 5) is 4.70. The van der Waals surface area contributed by atoms with E-state index >= 15 is 0 Å². The quantitative estimate of drug-likeness (QED) is 0.780. The molecule has 1 aromatic carbocycles. The summed E-state index contributed by atoms with van der Waals surface area (Å²) in [6, 6.07) is 12.1. The Bertz CT molecular complexity index is 732. The van der Waals surface area contributed by atoms with Gasteiger partial charge in [0.1, 0.15) is 4.60 Å². The Labute approximate surface area is 126 Å². The standard InChI is InChI=1S/C14H13BrN2O2S/c15-14-9-8-13-12(16-14)7-4-10-17(13)20(18,19)11-5-2-1-3-6-11/h1-3,5-6,8-9H,4,7,10H2. The molecule has 0 spiro atoms. The topological polar surface area (TPSA) is 50.3 Å². The lowest BCUT2D eigenvalue weighted by Gasteiger charge is -2.29. The molecule has 0 radical (unpaired) electrons. The van der Waals surface area contributed by atoms with Crippen LogP contribution in [0.15, 0.2) is 52.0 Å². The number of rotatable bonds is 2. The van der Waals surface area contributed by atoms with Gasteiger partial charge in [-0.3, -0.25) is 4.31 Å². The lowest BCUT2D eigenvalue weighted by atomic mass is 10.1. The Morgan fingerprint density at radius 3 is 2.60 bits per heavy atom. The van der Waals surface area contributed by atoms with E-state index in [0.29, 0.717) is 17.1 Å². The minimum atomic E-state index is -3.51. The Hall–Kier alpha value is -1.40. The van der Waals surface area contributed by atoms with Gasteiger partial charge in [0.2, 0.25) is 0 Å². The maximum absolute atomic E-state index is 12.7. The number of sulfonamides is 1. The number of anilines is 1. The van der Waals surface area contributed by atoms with Crippen molar-refractivity contribution in [3.05, 3.63) is 52.8 Å². The zero-order valence-corrected chi connectivity index (χ0v) is 13.1. The van der Waals surface area contributed by atoms with Crippen LogP contribution in [0.1, 0.15) is 12.1 Å². The first-order valence-corrected chi connectivity index (χ1v) is 8.55. The molecule has 0 amide bonds. The second-order valence-corrected chi connectivity index (χ2v) is 7.27. The van der Waals surface area contributed by atoms with E-state index in [-0.39, 0.29) is 0 Å². The average molecular weight is 353 g/mol. The molecule has 0 fully saturated rings. The van der Waals surface area contributed by atoms with Crippen molar-refractivity contribution in [1.29, 1.82) is 0 Å². The first-order valence-electron chi connectivity index (χ1n) is 6.32. The number of hydrogen-bond acceptors (Lipinski definition) is 3. The lowest BCUT2D eigenvalue weighted by Crippen LogP contribution is -2.35. The van der Waals surface area contributed by atoms with Gasteiger partial charge in [0.25, 0.3) is 10.0 Å². The number of fused-ring (bicyclic) bond motifs is 1. The van der Waals surface area contributed by atoms with Gasteiger partial charge in [0.15, 0.2) is 0 Å². The van der Waals surface area contributed by atoms with Crippen molar-refractivity contribution in [2.24, 2.45) is 0 Å². The summed E-state index contributed by atoms with van der Waals surface area (Å²) in [6.07, 6.45) is 1.58. The molecule has 0 atom stereocenters. The summed E-state index contributed by atoms with van der Waals surface area (Å²) in [6.45, 7) is 0.494. The second kappa shape index (κ2) is 5.18. The van der Waals surface area contributed by atoms with E-state index in [9.17, 15) is 8.42 Å². The van der Waals surface area contributed by atoms with Crippen molar-refractivity contribution in [2.45, 2.75) is 17.7 Å². The molecule has 2 heterocycles. The molecule has 0 saturated carbocycles. The van der Waals surface area contributed by atoms with Crippen LogP contribution in [0, 0.1) is 0 Å². The smallest absolute Gasteiger partial charge is 0.264 e. The van der Waals surface area contributed by atoms with Crippen LogP contribution in [0.2, 0.25) is 0 Å². The third-order valence-electron chi connectivity index (χ3n) is 3.29. The highest BCUT2D eigenvalue weighted by Crippen LogP contribution is 2.31. The zero-order chi connectivity index (χ0) is 14.2. The van der Waals surface area contributed by atoms with Crippen LogP contribution in [0.25, 0.3) is 0 Å². The van der Waals surface area contributed by atoms with Crippen LogP contribution in [0.3, 0.4) is 0 Å². The largest absolute Gasteiger partial charge is 0.264 e. The van der Waals surface area contributed by atoms with Crippen molar-refractivity contribution in [1.82, 2.24) is 4.98 Å². The van der Waals surface area contributed by atoms with Gasteiger partial charge in [-0.05, 0) is 53.0 Å². The van der Waals surface area contributed by atoms with Gasteiger partial charge >= 0.3 is 0 Å². The summed E-state index contributed by atoms with van der Waals surface area (Å²) < 4.78 is 27.6. The number of pyridine rings is 1. The number of hydrogen-bond donors (Lipinski definition) is 0. The summed E-state index contributed by atoms with van der Waals surface area (Å²) >= 11 is 3.33. The maximum Gasteiger partial charge on any atom is 0.264 e. The van der Waals surface area contributed by atoms with Crippen molar-refractivity contribution in [3.63, 3.8) is 0 Å². The monoisotopic (exact) mass is 352 g/mol. The van der Waals surface area contributed by atoms with E-state index in [4.69, 9.17) is 0 Å². The molecule has 0 bridgehead atoms. The molecular weight excluding hydrogens is 340 g/mol. The van der Waals surface area contributed by atoms with Crippen LogP contribution in [-0.4, -0.2) is 19.9 Å². The number of halogens is 1. The van der Waals surface area contributed by atoms with Gasteiger partial charge in [0.05, 0.1) is 16.3 Å². The summed E-state index contributed by atoms with van der Waals surface area (Å²) in [5.74, 6) is 0. The number of aromatic nitrogens is 1. The minimum absolute atomic E-state index is 0.316. The summed E-state index contributed by atoms with van der Waals surface area (Å²) in [7, 11) is -3.51. The fourth-order valence-corrected chi connectivity index (χ4v) is 4.25. The highest BCUT2D eigenvalue weighted by molar-refractivity contribution is 9.10. The molecule has 20 heavy (non-hydrogen) atoms. The number of benzene rings is 1. The van der Waals surface area contributed by atoms with E-state index in [0.717, 1.165) is 23.1 Å². The fraction of sp³-hybridized carbons (Fsp3) is 0.214. The summed E-state index contributed by atoms with van der Waals surface area (Å²) in [5, 5.41) is 0. The molecule has 1 aliphatic rings. The SMILES string of the molecule is O=S(=O)(c1ccccc1)N1CCCc2nc(Br)ccc21. The highest BCUT2D eigenvalue weighted by Gasteiger charge is 2.29. The third kappa shape index (κ3) is 2.33. The Balaban J connectivity index is 2.09. The first kappa shape index (κ1) is 13.6. The normalized spacial score (nSPS) is 14.9. The molecule has 2 aromatic rings. The van der Waals surface area contributed by atoms with Crippen LogP contribution in [0.4, 0.5) is 5.69 Å². The van der Waals surface area contributed by atoms with Crippen molar-refractivity contribution in [2.75, 3.05) is 10.8 Å². The fourth-order valence-electron chi connectivity index (χ4n) is 2.36. The first-order chi connectivity index (χ1) is 9.59. The predicted molar refractivity (Wildman–Crippen MR) is 81.2 cm³/mol. The highest BCUT2D eigenvalue weighted by atomic mass is 79.9. The van der Waals surface area contributed by atoms with Crippen LogP contribution in [-0.2, 0) is 16.4 Å². The van der Waals surface area contributed by atoms with Crippen molar-refractivity contribution < 1.29 is 8.42 Å². The molecule has 3 rings (SSSR count). The molecule has 6 heteroatoms. The van der Waals surface area contributed by atoms with Gasteiger partial charge < -0.3 is 0 Å². The molecule has 0 unspecified atom stereocenters. The molecular formula is C14H13BrN2O2S. The van der Waals surface area contributed by atoms with E-state index in [1.165, 1.54) is 4.31 Å². The zero-order valence-electron chi connectivity index (χ0n) is 10.7. The number of nitrogens with zero attached hydrogens (tertiary/aromatic N) is 2. The van der Waals surface area contributed by atoms with Crippen LogP contribution in [0.5, 0.6) is 0 Å². The molecule has 1 aromatic heterocycles. The molecule has 104 valence electrons. The Morgan fingerprint density at radius 2 is 1.85 bits per heavy atom. The minimum Gasteiger partial charge on any atom is -0.264 e. The molecule has 1 aliphatic heterocycles. The van der Waals surface area contributed by atoms with Crippen LogP contribution >= 0.6 is 15.9 Å². The van der Waals surface area contributed by atoms with Crippen molar-refractivity contribution in [3.8, 4) is 0 Å².